The molecule has 2 aromatic rings. The van der Waals surface area contributed by atoms with Crippen molar-refractivity contribution in [1.29, 1.82) is 0 Å². The lowest BCUT2D eigenvalue weighted by molar-refractivity contribution is -0.126. The highest BCUT2D eigenvalue weighted by Gasteiger charge is 2.31. The van der Waals surface area contributed by atoms with Crippen LogP contribution < -0.4 is 11.0 Å². The number of carbonyl (C=O) groups excluding carboxylic acids is 1. The molecule has 2 aliphatic carbocycles. The fourth-order valence-corrected chi connectivity index (χ4v) is 4.63. The summed E-state index contributed by atoms with van der Waals surface area (Å²) in [5.41, 5.74) is 0.744. The molecule has 0 bridgehead atoms. The zero-order valence-electron chi connectivity index (χ0n) is 18.1. The Kier molecular flexibility index (Phi) is 6.70. The number of rotatable bonds is 9. The summed E-state index contributed by atoms with van der Waals surface area (Å²) in [6, 6.07) is 9.71. The first-order valence-electron chi connectivity index (χ1n) is 11.7. The highest BCUT2D eigenvalue weighted by Crippen LogP contribution is 2.39. The van der Waals surface area contributed by atoms with Gasteiger partial charge in [-0.1, -0.05) is 44.4 Å². The van der Waals surface area contributed by atoms with Crippen molar-refractivity contribution in [2.24, 2.45) is 11.8 Å². The van der Waals surface area contributed by atoms with Gasteiger partial charge in [0, 0.05) is 18.4 Å². The fraction of sp³-hybridized carbons (Fsp3) is 0.625. The van der Waals surface area contributed by atoms with Gasteiger partial charge in [0.05, 0.1) is 12.2 Å². The van der Waals surface area contributed by atoms with Gasteiger partial charge in [0.25, 0.3) is 0 Å². The van der Waals surface area contributed by atoms with Crippen LogP contribution in [0.25, 0.3) is 5.69 Å². The Balaban J connectivity index is 1.33. The summed E-state index contributed by atoms with van der Waals surface area (Å²) in [6.45, 7) is 3.10. The third kappa shape index (κ3) is 4.85. The number of para-hydroxylation sites is 1. The quantitative estimate of drug-likeness (QED) is 0.679. The van der Waals surface area contributed by atoms with Gasteiger partial charge in [-0.2, -0.15) is 5.10 Å². The van der Waals surface area contributed by atoms with Crippen molar-refractivity contribution >= 4 is 5.91 Å². The second kappa shape index (κ2) is 9.63. The molecule has 1 N–H and O–H groups in total. The Hall–Kier alpha value is -2.37. The molecule has 162 valence electrons. The lowest BCUT2D eigenvalue weighted by atomic mass is 9.79. The van der Waals surface area contributed by atoms with E-state index in [9.17, 15) is 9.59 Å². The molecule has 2 aliphatic rings. The molecule has 1 amide bonds. The molecule has 30 heavy (non-hydrogen) atoms. The number of hydrogen-bond acceptors (Lipinski definition) is 3. The van der Waals surface area contributed by atoms with Crippen molar-refractivity contribution in [1.82, 2.24) is 19.7 Å². The lowest BCUT2D eigenvalue weighted by Crippen LogP contribution is -2.36. The normalized spacial score (nSPS) is 21.5. The summed E-state index contributed by atoms with van der Waals surface area (Å²) in [7, 11) is 0. The van der Waals surface area contributed by atoms with Crippen molar-refractivity contribution < 1.29 is 4.79 Å². The highest BCUT2D eigenvalue weighted by atomic mass is 16.2. The van der Waals surface area contributed by atoms with E-state index in [-0.39, 0.29) is 17.5 Å². The largest absolute Gasteiger partial charge is 0.354 e. The van der Waals surface area contributed by atoms with E-state index >= 15 is 0 Å². The number of benzene rings is 1. The van der Waals surface area contributed by atoms with E-state index in [1.807, 2.05) is 30.3 Å². The zero-order chi connectivity index (χ0) is 20.9. The number of nitrogens with one attached hydrogen (secondary N) is 1. The van der Waals surface area contributed by atoms with Crippen LogP contribution in [-0.4, -0.2) is 26.8 Å². The van der Waals surface area contributed by atoms with Crippen molar-refractivity contribution in [3.63, 3.8) is 0 Å². The number of carbonyl (C=O) groups is 1. The first kappa shape index (κ1) is 20.9. The molecule has 2 saturated carbocycles. The van der Waals surface area contributed by atoms with Crippen LogP contribution in [-0.2, 0) is 11.3 Å². The fourth-order valence-electron chi connectivity index (χ4n) is 4.63. The SMILES string of the molecule is CCCCC1CCC(C(=O)NCCn2nc(C3CC3)n(-c3ccccc3)c2=O)CC1. The molecule has 2 fully saturated rings. The van der Waals surface area contributed by atoms with Crippen LogP contribution in [0.4, 0.5) is 0 Å². The summed E-state index contributed by atoms with van der Waals surface area (Å²) in [6.07, 6.45) is 10.4. The van der Waals surface area contributed by atoms with Gasteiger partial charge in [-0.15, -0.1) is 0 Å². The average molecular weight is 411 g/mol. The number of aromatic nitrogens is 3. The van der Waals surface area contributed by atoms with Gasteiger partial charge in [-0.25, -0.2) is 14.0 Å². The van der Waals surface area contributed by atoms with Crippen LogP contribution in [0.5, 0.6) is 0 Å². The molecular formula is C24H34N4O2. The highest BCUT2D eigenvalue weighted by molar-refractivity contribution is 5.78. The van der Waals surface area contributed by atoms with Crippen molar-refractivity contribution in [2.45, 2.75) is 77.2 Å². The van der Waals surface area contributed by atoms with Gasteiger partial charge in [0.2, 0.25) is 5.91 Å². The standard InChI is InChI=1S/C24H34N4O2/c1-2-3-7-18-10-12-20(13-11-18)23(29)25-16-17-27-24(30)28(21-8-5-4-6-9-21)22(26-27)19-14-15-19/h4-6,8-9,18-20H,2-3,7,10-17H2,1H3,(H,25,29). The molecule has 0 saturated heterocycles. The first-order valence-corrected chi connectivity index (χ1v) is 11.7. The Morgan fingerprint density at radius 1 is 1.10 bits per heavy atom. The number of hydrogen-bond donors (Lipinski definition) is 1. The van der Waals surface area contributed by atoms with Crippen molar-refractivity contribution in [2.75, 3.05) is 6.54 Å². The van der Waals surface area contributed by atoms with E-state index in [2.05, 4.69) is 17.3 Å². The Bertz CT molecular complexity index is 890. The summed E-state index contributed by atoms with van der Waals surface area (Å²) >= 11 is 0. The molecule has 4 rings (SSSR count). The summed E-state index contributed by atoms with van der Waals surface area (Å²) < 4.78 is 3.25. The zero-order valence-corrected chi connectivity index (χ0v) is 18.1. The molecule has 0 spiro atoms. The molecule has 0 atom stereocenters. The Morgan fingerprint density at radius 3 is 2.50 bits per heavy atom. The topological polar surface area (TPSA) is 68.9 Å². The van der Waals surface area contributed by atoms with Gasteiger partial charge >= 0.3 is 5.69 Å². The molecule has 6 nitrogen and oxygen atoms in total. The molecule has 1 aromatic heterocycles. The molecule has 0 aliphatic heterocycles. The van der Waals surface area contributed by atoms with Crippen LogP contribution in [0.3, 0.4) is 0 Å². The van der Waals surface area contributed by atoms with Crippen LogP contribution in [0.2, 0.25) is 0 Å². The maximum absolute atomic E-state index is 13.0. The van der Waals surface area contributed by atoms with E-state index in [0.29, 0.717) is 19.0 Å². The predicted molar refractivity (Wildman–Crippen MR) is 118 cm³/mol. The smallest absolute Gasteiger partial charge is 0.350 e. The molecule has 6 heteroatoms. The predicted octanol–water partition coefficient (Wildman–Crippen LogP) is 4.02. The van der Waals surface area contributed by atoms with E-state index in [4.69, 9.17) is 0 Å². The second-order valence-corrected chi connectivity index (χ2v) is 8.96. The minimum Gasteiger partial charge on any atom is -0.354 e. The van der Waals surface area contributed by atoms with E-state index < -0.39 is 0 Å². The van der Waals surface area contributed by atoms with Crippen LogP contribution >= 0.6 is 0 Å². The Morgan fingerprint density at radius 2 is 1.83 bits per heavy atom. The van der Waals surface area contributed by atoms with Crippen LogP contribution in [0.1, 0.15) is 76.5 Å². The first-order chi connectivity index (χ1) is 14.7. The minimum absolute atomic E-state index is 0.117. The van der Waals surface area contributed by atoms with Crippen molar-refractivity contribution in [3.8, 4) is 5.69 Å². The summed E-state index contributed by atoms with van der Waals surface area (Å²) in [4.78, 5) is 25.6. The molecule has 1 heterocycles. The van der Waals surface area contributed by atoms with Gasteiger partial charge in [0.1, 0.15) is 5.82 Å². The van der Waals surface area contributed by atoms with E-state index in [0.717, 1.165) is 43.1 Å². The van der Waals surface area contributed by atoms with E-state index in [1.54, 1.807) is 4.57 Å². The third-order valence-corrected chi connectivity index (χ3v) is 6.63. The van der Waals surface area contributed by atoms with Crippen molar-refractivity contribution in [3.05, 3.63) is 46.6 Å². The van der Waals surface area contributed by atoms with Crippen LogP contribution in [0, 0.1) is 11.8 Å². The maximum Gasteiger partial charge on any atom is 0.350 e. The monoisotopic (exact) mass is 410 g/mol. The third-order valence-electron chi connectivity index (χ3n) is 6.63. The number of unbranched alkanes of at least 4 members (excludes halogenated alkanes) is 1. The number of amides is 1. The van der Waals surface area contributed by atoms with Gasteiger partial charge in [0.15, 0.2) is 0 Å². The van der Waals surface area contributed by atoms with Crippen LogP contribution in [0.15, 0.2) is 35.1 Å². The Labute approximate surface area is 178 Å². The van der Waals surface area contributed by atoms with Gasteiger partial charge < -0.3 is 5.32 Å². The van der Waals surface area contributed by atoms with Gasteiger partial charge in [-0.05, 0) is 56.6 Å². The maximum atomic E-state index is 13.0. The molecular weight excluding hydrogens is 376 g/mol. The molecule has 1 aromatic carbocycles. The van der Waals surface area contributed by atoms with E-state index in [1.165, 1.54) is 36.8 Å². The molecule has 0 radical (unpaired) electrons. The second-order valence-electron chi connectivity index (χ2n) is 8.96. The lowest BCUT2D eigenvalue weighted by Gasteiger charge is -2.27. The number of nitrogens with zero attached hydrogens (tertiary/aromatic N) is 3. The summed E-state index contributed by atoms with van der Waals surface area (Å²) in [5, 5.41) is 7.66. The summed E-state index contributed by atoms with van der Waals surface area (Å²) in [5.74, 6) is 2.29. The minimum atomic E-state index is -0.117. The van der Waals surface area contributed by atoms with Gasteiger partial charge in [-0.3, -0.25) is 4.79 Å². The molecule has 0 unspecified atom stereocenters. The average Bonchev–Trinajstić information content (AvgIpc) is 3.57.